The van der Waals surface area contributed by atoms with Crippen LogP contribution in [-0.2, 0) is 15.1 Å². The van der Waals surface area contributed by atoms with Gasteiger partial charge in [-0.2, -0.15) is 0 Å². The molecule has 1 unspecified atom stereocenters. The van der Waals surface area contributed by atoms with E-state index in [1.165, 1.54) is 5.56 Å². The van der Waals surface area contributed by atoms with Crippen LogP contribution in [0.5, 0.6) is 0 Å². The smallest absolute Gasteiger partial charge is 0.293 e. The fourth-order valence-electron chi connectivity index (χ4n) is 1.37. The lowest BCUT2D eigenvalue weighted by Crippen LogP contribution is -2.24. The molecule has 1 rings (SSSR count). The predicted molar refractivity (Wildman–Crippen MR) is 56.0 cm³/mol. The molecule has 0 fully saturated rings. The summed E-state index contributed by atoms with van der Waals surface area (Å²) in [6.45, 7) is 6.48. The van der Waals surface area contributed by atoms with Crippen molar-refractivity contribution < 1.29 is 9.53 Å². The van der Waals surface area contributed by atoms with Gasteiger partial charge in [0.1, 0.15) is 5.60 Å². The van der Waals surface area contributed by atoms with Gasteiger partial charge in [-0.25, -0.2) is 0 Å². The van der Waals surface area contributed by atoms with E-state index in [4.69, 9.17) is 4.74 Å². The second-order valence-electron chi connectivity index (χ2n) is 3.66. The van der Waals surface area contributed by atoms with E-state index >= 15 is 0 Å². The van der Waals surface area contributed by atoms with Gasteiger partial charge in [-0.15, -0.1) is 0 Å². The van der Waals surface area contributed by atoms with Crippen molar-refractivity contribution >= 4 is 6.47 Å². The Bertz CT molecular complexity index is 303. The first kappa shape index (κ1) is 10.8. The summed E-state index contributed by atoms with van der Waals surface area (Å²) >= 11 is 0. The van der Waals surface area contributed by atoms with Gasteiger partial charge in [-0.1, -0.05) is 36.8 Å². The maximum atomic E-state index is 10.4. The average molecular weight is 192 g/mol. The zero-order chi connectivity index (χ0) is 10.6. The van der Waals surface area contributed by atoms with Crippen LogP contribution >= 0.6 is 0 Å². The molecule has 0 saturated heterocycles. The zero-order valence-electron chi connectivity index (χ0n) is 8.91. The van der Waals surface area contributed by atoms with E-state index in [0.29, 0.717) is 6.47 Å². The van der Waals surface area contributed by atoms with E-state index in [1.54, 1.807) is 0 Å². The van der Waals surface area contributed by atoms with E-state index in [9.17, 15) is 4.79 Å². The van der Waals surface area contributed by atoms with Crippen LogP contribution in [0.2, 0.25) is 0 Å². The number of rotatable bonds is 4. The van der Waals surface area contributed by atoms with Gasteiger partial charge in [0.05, 0.1) is 0 Å². The molecular weight excluding hydrogens is 176 g/mol. The molecule has 0 N–H and O–H groups in total. The minimum atomic E-state index is -0.491. The number of carbonyl (C=O) groups is 1. The lowest BCUT2D eigenvalue weighted by atomic mass is 9.92. The minimum absolute atomic E-state index is 0.491. The molecular formula is C12H16O2. The molecule has 2 nitrogen and oxygen atoms in total. The maximum absolute atomic E-state index is 10.4. The van der Waals surface area contributed by atoms with E-state index < -0.39 is 5.60 Å². The van der Waals surface area contributed by atoms with Crippen LogP contribution < -0.4 is 0 Å². The van der Waals surface area contributed by atoms with Crippen LogP contribution in [0.15, 0.2) is 24.3 Å². The van der Waals surface area contributed by atoms with Crippen LogP contribution in [0, 0.1) is 6.92 Å². The third-order valence-corrected chi connectivity index (χ3v) is 2.65. The normalized spacial score (nSPS) is 14.5. The van der Waals surface area contributed by atoms with Crippen molar-refractivity contribution in [2.75, 3.05) is 0 Å². The summed E-state index contributed by atoms with van der Waals surface area (Å²) in [4.78, 5) is 10.4. The number of ether oxygens (including phenoxy) is 1. The van der Waals surface area contributed by atoms with Gasteiger partial charge in [0.15, 0.2) is 0 Å². The second-order valence-corrected chi connectivity index (χ2v) is 3.66. The summed E-state index contributed by atoms with van der Waals surface area (Å²) in [7, 11) is 0. The van der Waals surface area contributed by atoms with Gasteiger partial charge in [-0.3, -0.25) is 4.79 Å². The van der Waals surface area contributed by atoms with E-state index in [-0.39, 0.29) is 0 Å². The third kappa shape index (κ3) is 2.13. The van der Waals surface area contributed by atoms with Crippen LogP contribution in [-0.4, -0.2) is 6.47 Å². The number of benzene rings is 1. The summed E-state index contributed by atoms with van der Waals surface area (Å²) in [5, 5.41) is 0. The van der Waals surface area contributed by atoms with Crippen LogP contribution in [0.1, 0.15) is 31.4 Å². The molecule has 0 heterocycles. The Hall–Kier alpha value is -1.31. The maximum Gasteiger partial charge on any atom is 0.293 e. The fraction of sp³-hybridized carbons (Fsp3) is 0.417. The Kier molecular flexibility index (Phi) is 3.28. The Morgan fingerprint density at radius 1 is 1.36 bits per heavy atom. The van der Waals surface area contributed by atoms with Crippen LogP contribution in [0.25, 0.3) is 0 Å². The lowest BCUT2D eigenvalue weighted by molar-refractivity contribution is -0.143. The van der Waals surface area contributed by atoms with E-state index in [0.717, 1.165) is 12.0 Å². The van der Waals surface area contributed by atoms with Crippen molar-refractivity contribution in [3.63, 3.8) is 0 Å². The summed E-state index contributed by atoms with van der Waals surface area (Å²) in [5.41, 5.74) is 1.76. The largest absolute Gasteiger partial charge is 0.457 e. The molecule has 0 saturated carbocycles. The van der Waals surface area contributed by atoms with Crippen molar-refractivity contribution in [2.45, 2.75) is 32.8 Å². The summed E-state index contributed by atoms with van der Waals surface area (Å²) in [5.74, 6) is 0. The SMILES string of the molecule is CCC(C)(OC=O)c1ccc(C)cc1. The molecule has 0 aliphatic heterocycles. The lowest BCUT2D eigenvalue weighted by Gasteiger charge is -2.26. The van der Waals surface area contributed by atoms with Gasteiger partial charge >= 0.3 is 0 Å². The first-order valence-corrected chi connectivity index (χ1v) is 4.81. The van der Waals surface area contributed by atoms with Gasteiger partial charge in [0.25, 0.3) is 6.47 Å². The highest BCUT2D eigenvalue weighted by molar-refractivity contribution is 5.40. The first-order chi connectivity index (χ1) is 6.62. The highest BCUT2D eigenvalue weighted by Gasteiger charge is 2.25. The van der Waals surface area contributed by atoms with Gasteiger partial charge in [0, 0.05) is 0 Å². The van der Waals surface area contributed by atoms with Gasteiger partial charge < -0.3 is 4.74 Å². The monoisotopic (exact) mass is 192 g/mol. The topological polar surface area (TPSA) is 26.3 Å². The molecule has 14 heavy (non-hydrogen) atoms. The average Bonchev–Trinajstić information content (AvgIpc) is 2.19. The van der Waals surface area contributed by atoms with Crippen molar-refractivity contribution in [2.24, 2.45) is 0 Å². The molecule has 1 aromatic rings. The number of aryl methyl sites for hydroxylation is 1. The Labute approximate surface area is 84.9 Å². The fourth-order valence-corrected chi connectivity index (χ4v) is 1.37. The minimum Gasteiger partial charge on any atom is -0.457 e. The molecule has 0 bridgehead atoms. The number of hydrogen-bond donors (Lipinski definition) is 0. The van der Waals surface area contributed by atoms with Crippen molar-refractivity contribution in [1.82, 2.24) is 0 Å². The molecule has 0 radical (unpaired) electrons. The predicted octanol–water partition coefficient (Wildman–Crippen LogP) is 2.79. The molecule has 0 aliphatic rings. The molecule has 2 heteroatoms. The molecule has 76 valence electrons. The zero-order valence-corrected chi connectivity index (χ0v) is 8.91. The second kappa shape index (κ2) is 4.27. The van der Waals surface area contributed by atoms with E-state index in [1.807, 2.05) is 45.0 Å². The molecule has 1 atom stereocenters. The van der Waals surface area contributed by atoms with Crippen molar-refractivity contribution in [3.05, 3.63) is 35.4 Å². The molecule has 1 aromatic carbocycles. The van der Waals surface area contributed by atoms with Crippen molar-refractivity contribution in [3.8, 4) is 0 Å². The standard InChI is InChI=1S/C12H16O2/c1-4-12(3,14-9-13)11-7-5-10(2)6-8-11/h5-9H,4H2,1-3H3. The highest BCUT2D eigenvalue weighted by atomic mass is 16.5. The van der Waals surface area contributed by atoms with Gasteiger partial charge in [0.2, 0.25) is 0 Å². The Morgan fingerprint density at radius 3 is 2.36 bits per heavy atom. The van der Waals surface area contributed by atoms with Crippen molar-refractivity contribution in [1.29, 1.82) is 0 Å². The molecule has 0 spiro atoms. The quantitative estimate of drug-likeness (QED) is 0.686. The summed E-state index contributed by atoms with van der Waals surface area (Å²) < 4.78 is 5.12. The molecule has 0 aromatic heterocycles. The Morgan fingerprint density at radius 2 is 1.93 bits per heavy atom. The van der Waals surface area contributed by atoms with Crippen LogP contribution in [0.4, 0.5) is 0 Å². The summed E-state index contributed by atoms with van der Waals surface area (Å²) in [6, 6.07) is 8.06. The highest BCUT2D eigenvalue weighted by Crippen LogP contribution is 2.28. The van der Waals surface area contributed by atoms with E-state index in [2.05, 4.69) is 0 Å². The first-order valence-electron chi connectivity index (χ1n) is 4.81. The summed E-state index contributed by atoms with van der Waals surface area (Å²) in [6.07, 6.45) is 0.773. The number of hydrogen-bond acceptors (Lipinski definition) is 2. The molecule has 0 aliphatic carbocycles. The Balaban J connectivity index is 2.99. The third-order valence-electron chi connectivity index (χ3n) is 2.65. The van der Waals surface area contributed by atoms with Gasteiger partial charge in [-0.05, 0) is 25.8 Å². The van der Waals surface area contributed by atoms with Crippen LogP contribution in [0.3, 0.4) is 0 Å². The number of carbonyl (C=O) groups excluding carboxylic acids is 1. The molecule has 0 amide bonds.